The second-order valence-corrected chi connectivity index (χ2v) is 5.01. The molecule has 4 nitrogen and oxygen atoms in total. The van der Waals surface area contributed by atoms with Gasteiger partial charge in [0.05, 0.1) is 7.11 Å². The van der Waals surface area contributed by atoms with Gasteiger partial charge in [0.25, 0.3) is 0 Å². The normalized spacial score (nSPS) is 18.9. The van der Waals surface area contributed by atoms with Crippen molar-refractivity contribution in [2.45, 2.75) is 31.7 Å². The van der Waals surface area contributed by atoms with Gasteiger partial charge in [-0.1, -0.05) is 12.5 Å². The zero-order valence-electron chi connectivity index (χ0n) is 11.7. The minimum Gasteiger partial charge on any atom is -0.497 e. The van der Waals surface area contributed by atoms with Crippen molar-refractivity contribution in [3.05, 3.63) is 24.3 Å². The first-order chi connectivity index (χ1) is 9.20. The molecule has 0 saturated carbocycles. The average Bonchev–Trinajstić information content (AvgIpc) is 2.47. The first kappa shape index (κ1) is 13.9. The maximum absolute atomic E-state index is 12.3. The van der Waals surface area contributed by atoms with Crippen molar-refractivity contribution >= 4 is 11.6 Å². The van der Waals surface area contributed by atoms with E-state index in [2.05, 4.69) is 5.32 Å². The first-order valence-corrected chi connectivity index (χ1v) is 6.84. The summed E-state index contributed by atoms with van der Waals surface area (Å²) in [4.78, 5) is 14.0. The summed E-state index contributed by atoms with van der Waals surface area (Å²) in [5.41, 5.74) is 0.875. The van der Waals surface area contributed by atoms with Gasteiger partial charge in [0, 0.05) is 31.3 Å². The minimum atomic E-state index is 0.146. The molecule has 4 heteroatoms. The maximum Gasteiger partial charge on any atom is 0.228 e. The van der Waals surface area contributed by atoms with E-state index >= 15 is 0 Å². The van der Waals surface area contributed by atoms with Crippen LogP contribution in [0.4, 0.5) is 5.69 Å². The number of hydrogen-bond donors (Lipinski definition) is 1. The van der Waals surface area contributed by atoms with Crippen LogP contribution in [0.2, 0.25) is 0 Å². The highest BCUT2D eigenvalue weighted by molar-refractivity contribution is 5.93. The number of benzene rings is 1. The Kier molecular flexibility index (Phi) is 4.80. The van der Waals surface area contributed by atoms with Crippen molar-refractivity contribution in [3.63, 3.8) is 0 Å². The van der Waals surface area contributed by atoms with Gasteiger partial charge in [0.1, 0.15) is 5.75 Å². The molecule has 0 spiro atoms. The molecule has 1 saturated heterocycles. The van der Waals surface area contributed by atoms with E-state index in [1.54, 1.807) is 12.0 Å². The van der Waals surface area contributed by atoms with Crippen molar-refractivity contribution in [2.24, 2.45) is 0 Å². The van der Waals surface area contributed by atoms with E-state index in [0.29, 0.717) is 12.5 Å². The van der Waals surface area contributed by atoms with Gasteiger partial charge in [-0.05, 0) is 31.5 Å². The van der Waals surface area contributed by atoms with Gasteiger partial charge in [-0.2, -0.15) is 0 Å². The molecule has 2 rings (SSSR count). The van der Waals surface area contributed by atoms with Gasteiger partial charge < -0.3 is 15.0 Å². The Hall–Kier alpha value is -1.55. The largest absolute Gasteiger partial charge is 0.497 e. The Labute approximate surface area is 114 Å². The lowest BCUT2D eigenvalue weighted by Crippen LogP contribution is -2.39. The number of rotatable bonds is 4. The summed E-state index contributed by atoms with van der Waals surface area (Å²) >= 11 is 0. The molecule has 1 aliphatic rings. The van der Waals surface area contributed by atoms with Crippen LogP contribution in [0.25, 0.3) is 0 Å². The molecule has 1 aromatic rings. The molecule has 19 heavy (non-hydrogen) atoms. The summed E-state index contributed by atoms with van der Waals surface area (Å²) in [5.74, 6) is 0.917. The van der Waals surface area contributed by atoms with Crippen molar-refractivity contribution in [2.75, 3.05) is 25.6 Å². The van der Waals surface area contributed by atoms with Gasteiger partial charge in [0.2, 0.25) is 5.91 Å². The molecule has 0 radical (unpaired) electrons. The van der Waals surface area contributed by atoms with E-state index in [1.807, 2.05) is 31.3 Å². The first-order valence-electron chi connectivity index (χ1n) is 6.84. The monoisotopic (exact) mass is 262 g/mol. The summed E-state index contributed by atoms with van der Waals surface area (Å²) in [6.07, 6.45) is 4.09. The van der Waals surface area contributed by atoms with E-state index < -0.39 is 0 Å². The second kappa shape index (κ2) is 6.57. The van der Waals surface area contributed by atoms with Crippen molar-refractivity contribution in [1.82, 2.24) is 5.32 Å². The van der Waals surface area contributed by atoms with E-state index in [-0.39, 0.29) is 5.91 Å². The fraction of sp³-hybridized carbons (Fsp3) is 0.533. The van der Waals surface area contributed by atoms with E-state index in [0.717, 1.165) is 24.4 Å². The molecule has 1 atom stereocenters. The van der Waals surface area contributed by atoms with Crippen LogP contribution in [0.3, 0.4) is 0 Å². The number of carbonyl (C=O) groups excluding carboxylic acids is 1. The molecule has 104 valence electrons. The zero-order chi connectivity index (χ0) is 13.7. The van der Waals surface area contributed by atoms with Crippen molar-refractivity contribution in [1.29, 1.82) is 0 Å². The van der Waals surface area contributed by atoms with Crippen LogP contribution >= 0.6 is 0 Å². The Morgan fingerprint density at radius 2 is 2.32 bits per heavy atom. The van der Waals surface area contributed by atoms with Crippen LogP contribution in [0.1, 0.15) is 25.7 Å². The van der Waals surface area contributed by atoms with Crippen LogP contribution in [0.15, 0.2) is 24.3 Å². The SMILES string of the molecule is COc1cccc(N(C)C(=O)CC2CCCCN2)c1. The summed E-state index contributed by atoms with van der Waals surface area (Å²) < 4.78 is 5.18. The van der Waals surface area contributed by atoms with Gasteiger partial charge in [-0.3, -0.25) is 4.79 Å². The minimum absolute atomic E-state index is 0.146. The lowest BCUT2D eigenvalue weighted by molar-refractivity contribution is -0.118. The van der Waals surface area contributed by atoms with Gasteiger partial charge in [0.15, 0.2) is 0 Å². The summed E-state index contributed by atoms with van der Waals surface area (Å²) in [6.45, 7) is 1.03. The summed E-state index contributed by atoms with van der Waals surface area (Å²) in [6, 6.07) is 7.91. The molecule has 1 amide bonds. The average molecular weight is 262 g/mol. The highest BCUT2D eigenvalue weighted by Crippen LogP contribution is 2.21. The van der Waals surface area contributed by atoms with E-state index in [4.69, 9.17) is 4.74 Å². The molecule has 1 aliphatic heterocycles. The summed E-state index contributed by atoms with van der Waals surface area (Å²) in [5, 5.41) is 3.41. The molecular weight excluding hydrogens is 240 g/mol. The molecule has 1 N–H and O–H groups in total. The second-order valence-electron chi connectivity index (χ2n) is 5.01. The molecule has 1 aromatic carbocycles. The molecule has 1 heterocycles. The Morgan fingerprint density at radius 3 is 3.00 bits per heavy atom. The number of nitrogens with one attached hydrogen (secondary N) is 1. The third-order valence-corrected chi connectivity index (χ3v) is 3.65. The highest BCUT2D eigenvalue weighted by Gasteiger charge is 2.19. The predicted octanol–water partition coefficient (Wildman–Crippen LogP) is 2.19. The molecule has 1 unspecified atom stereocenters. The van der Waals surface area contributed by atoms with Crippen LogP contribution in [0.5, 0.6) is 5.75 Å². The summed E-state index contributed by atoms with van der Waals surface area (Å²) in [7, 11) is 3.45. The van der Waals surface area contributed by atoms with Gasteiger partial charge >= 0.3 is 0 Å². The van der Waals surface area contributed by atoms with Gasteiger partial charge in [-0.25, -0.2) is 0 Å². The van der Waals surface area contributed by atoms with E-state index in [9.17, 15) is 4.79 Å². The molecule has 0 bridgehead atoms. The molecular formula is C15H22N2O2. The zero-order valence-corrected chi connectivity index (χ0v) is 11.7. The number of ether oxygens (including phenoxy) is 1. The lowest BCUT2D eigenvalue weighted by Gasteiger charge is -2.25. The fourth-order valence-corrected chi connectivity index (χ4v) is 2.41. The number of hydrogen-bond acceptors (Lipinski definition) is 3. The standard InChI is InChI=1S/C15H22N2O2/c1-17(13-7-5-8-14(11-13)19-2)15(18)10-12-6-3-4-9-16-12/h5,7-8,11-12,16H,3-4,6,9-10H2,1-2H3. The number of anilines is 1. The van der Waals surface area contributed by atoms with Crippen molar-refractivity contribution in [3.8, 4) is 5.75 Å². The number of piperidine rings is 1. The fourth-order valence-electron chi connectivity index (χ4n) is 2.41. The van der Waals surface area contributed by atoms with Crippen LogP contribution < -0.4 is 15.0 Å². The quantitative estimate of drug-likeness (QED) is 0.904. The third-order valence-electron chi connectivity index (χ3n) is 3.65. The van der Waals surface area contributed by atoms with Crippen molar-refractivity contribution < 1.29 is 9.53 Å². The Bertz CT molecular complexity index is 428. The van der Waals surface area contributed by atoms with Crippen LogP contribution in [-0.4, -0.2) is 32.7 Å². The molecule has 0 aliphatic carbocycles. The molecule has 1 fully saturated rings. The number of nitrogens with zero attached hydrogens (tertiary/aromatic N) is 1. The predicted molar refractivity (Wildman–Crippen MR) is 76.7 cm³/mol. The number of carbonyl (C=O) groups is 1. The Morgan fingerprint density at radius 1 is 1.47 bits per heavy atom. The topological polar surface area (TPSA) is 41.6 Å². The van der Waals surface area contributed by atoms with E-state index in [1.165, 1.54) is 12.8 Å². The maximum atomic E-state index is 12.3. The highest BCUT2D eigenvalue weighted by atomic mass is 16.5. The molecule has 0 aromatic heterocycles. The third kappa shape index (κ3) is 3.70. The van der Waals surface area contributed by atoms with Gasteiger partial charge in [-0.15, -0.1) is 0 Å². The number of amides is 1. The lowest BCUT2D eigenvalue weighted by atomic mass is 10.0. The smallest absolute Gasteiger partial charge is 0.228 e. The van der Waals surface area contributed by atoms with Crippen LogP contribution in [0, 0.1) is 0 Å². The Balaban J connectivity index is 1.97. The number of methoxy groups -OCH3 is 1. The van der Waals surface area contributed by atoms with Crippen LogP contribution in [-0.2, 0) is 4.79 Å².